The summed E-state index contributed by atoms with van der Waals surface area (Å²) in [6, 6.07) is 2.98. The molecule has 0 atom stereocenters. The van der Waals surface area contributed by atoms with Gasteiger partial charge in [-0.1, -0.05) is 0 Å². The second-order valence-corrected chi connectivity index (χ2v) is 5.74. The minimum absolute atomic E-state index is 0.295. The number of nitrogens with zero attached hydrogens (tertiary/aromatic N) is 1. The van der Waals surface area contributed by atoms with E-state index >= 15 is 0 Å². The number of amides is 4. The first-order valence-electron chi connectivity index (χ1n) is 5.61. The standard InChI is InChI=1S/C12H8FIN2O3/c13-6-1-2-8(7(14)5-6)16-10(18)12(3-4-12)9(17)15-11(16)19/h1-2,5H,3-4H2,(H,15,17,19). The number of carbonyl (C=O) groups is 3. The molecule has 1 aromatic carbocycles. The molecular formula is C12H8FIN2O3. The number of hydrogen-bond acceptors (Lipinski definition) is 3. The van der Waals surface area contributed by atoms with Crippen molar-refractivity contribution in [2.45, 2.75) is 12.8 Å². The van der Waals surface area contributed by atoms with Crippen LogP contribution >= 0.6 is 22.6 Å². The van der Waals surface area contributed by atoms with Crippen LogP contribution in [0.1, 0.15) is 12.8 Å². The van der Waals surface area contributed by atoms with E-state index in [0.717, 1.165) is 4.90 Å². The van der Waals surface area contributed by atoms with Gasteiger partial charge in [-0.3, -0.25) is 14.9 Å². The maximum Gasteiger partial charge on any atom is 0.335 e. The first kappa shape index (κ1) is 12.5. The van der Waals surface area contributed by atoms with Crippen LogP contribution in [-0.2, 0) is 9.59 Å². The van der Waals surface area contributed by atoms with Crippen LogP contribution in [0.15, 0.2) is 18.2 Å². The summed E-state index contributed by atoms with van der Waals surface area (Å²) in [5.41, 5.74) is -0.797. The van der Waals surface area contributed by atoms with Gasteiger partial charge in [0.25, 0.3) is 5.91 Å². The van der Waals surface area contributed by atoms with E-state index < -0.39 is 29.1 Å². The van der Waals surface area contributed by atoms with Crippen molar-refractivity contribution < 1.29 is 18.8 Å². The summed E-state index contributed by atoms with van der Waals surface area (Å²) in [6.07, 6.45) is 0.887. The molecule has 1 heterocycles. The van der Waals surface area contributed by atoms with Crippen molar-refractivity contribution in [1.82, 2.24) is 5.32 Å². The highest BCUT2D eigenvalue weighted by molar-refractivity contribution is 14.1. The van der Waals surface area contributed by atoms with Crippen molar-refractivity contribution in [3.63, 3.8) is 0 Å². The van der Waals surface area contributed by atoms with Crippen molar-refractivity contribution in [3.05, 3.63) is 27.6 Å². The molecule has 1 saturated heterocycles. The Labute approximate surface area is 121 Å². The fourth-order valence-corrected chi connectivity index (χ4v) is 2.84. The number of carbonyl (C=O) groups excluding carboxylic acids is 3. The molecule has 1 aliphatic heterocycles. The Morgan fingerprint density at radius 2 is 1.95 bits per heavy atom. The minimum atomic E-state index is -1.09. The van der Waals surface area contributed by atoms with Crippen LogP contribution in [0.2, 0.25) is 0 Å². The molecule has 1 aliphatic carbocycles. The summed E-state index contributed by atoms with van der Waals surface area (Å²) in [5.74, 6) is -1.50. The van der Waals surface area contributed by atoms with E-state index in [1.807, 2.05) is 22.6 Å². The maximum absolute atomic E-state index is 13.1. The average molecular weight is 374 g/mol. The van der Waals surface area contributed by atoms with Gasteiger partial charge in [0.1, 0.15) is 11.2 Å². The van der Waals surface area contributed by atoms with E-state index in [1.165, 1.54) is 18.2 Å². The number of imide groups is 2. The molecule has 5 nitrogen and oxygen atoms in total. The van der Waals surface area contributed by atoms with E-state index in [9.17, 15) is 18.8 Å². The van der Waals surface area contributed by atoms with Gasteiger partial charge < -0.3 is 0 Å². The van der Waals surface area contributed by atoms with Crippen LogP contribution in [0.25, 0.3) is 0 Å². The third kappa shape index (κ3) is 1.75. The van der Waals surface area contributed by atoms with Crippen LogP contribution in [0.4, 0.5) is 14.9 Å². The highest BCUT2D eigenvalue weighted by Crippen LogP contribution is 2.49. The maximum atomic E-state index is 13.1. The van der Waals surface area contributed by atoms with Crippen molar-refractivity contribution in [3.8, 4) is 0 Å². The Hall–Kier alpha value is -1.51. The van der Waals surface area contributed by atoms with E-state index in [0.29, 0.717) is 22.1 Å². The Balaban J connectivity index is 2.06. The summed E-state index contributed by atoms with van der Waals surface area (Å²) in [4.78, 5) is 36.8. The smallest absolute Gasteiger partial charge is 0.276 e. The van der Waals surface area contributed by atoms with Crippen molar-refractivity contribution in [1.29, 1.82) is 0 Å². The molecule has 98 valence electrons. The second kappa shape index (κ2) is 3.99. The summed E-state index contributed by atoms with van der Waals surface area (Å²) in [6.45, 7) is 0. The Kier molecular flexibility index (Phi) is 2.63. The zero-order valence-corrected chi connectivity index (χ0v) is 11.7. The SMILES string of the molecule is O=C1NC(=O)C2(CC2)C(=O)N1c1ccc(F)cc1I. The number of barbiturate groups is 1. The third-order valence-corrected chi connectivity index (χ3v) is 4.24. The first-order valence-corrected chi connectivity index (χ1v) is 6.69. The lowest BCUT2D eigenvalue weighted by molar-refractivity contribution is -0.136. The normalized spacial score (nSPS) is 20.7. The first-order chi connectivity index (χ1) is 8.95. The van der Waals surface area contributed by atoms with Gasteiger partial charge in [-0.25, -0.2) is 14.1 Å². The molecule has 1 saturated carbocycles. The molecule has 7 heteroatoms. The summed E-state index contributed by atoms with van der Waals surface area (Å²) >= 11 is 1.85. The number of urea groups is 1. The largest absolute Gasteiger partial charge is 0.335 e. The van der Waals surface area contributed by atoms with Crippen LogP contribution < -0.4 is 10.2 Å². The van der Waals surface area contributed by atoms with Crippen LogP contribution in [0, 0.1) is 14.8 Å². The number of benzene rings is 1. The van der Waals surface area contributed by atoms with E-state index in [4.69, 9.17) is 0 Å². The predicted octanol–water partition coefficient (Wildman–Crippen LogP) is 1.79. The number of nitrogens with one attached hydrogen (secondary N) is 1. The molecular weight excluding hydrogens is 366 g/mol. The molecule has 0 aromatic heterocycles. The lowest BCUT2D eigenvalue weighted by Gasteiger charge is -2.30. The second-order valence-electron chi connectivity index (χ2n) is 4.58. The Bertz CT molecular complexity index is 627. The molecule has 0 radical (unpaired) electrons. The number of anilines is 1. The topological polar surface area (TPSA) is 66.5 Å². The molecule has 1 spiro atoms. The molecule has 3 rings (SSSR count). The molecule has 4 amide bonds. The number of rotatable bonds is 1. The Morgan fingerprint density at radius 1 is 1.26 bits per heavy atom. The van der Waals surface area contributed by atoms with Gasteiger partial charge in [0.05, 0.1) is 5.69 Å². The predicted molar refractivity (Wildman–Crippen MR) is 71.8 cm³/mol. The average Bonchev–Trinajstić information content (AvgIpc) is 3.11. The van der Waals surface area contributed by atoms with Gasteiger partial charge in [0, 0.05) is 3.57 Å². The summed E-state index contributed by atoms with van der Waals surface area (Å²) in [7, 11) is 0. The molecule has 1 aromatic rings. The van der Waals surface area contributed by atoms with Gasteiger partial charge in [-0.15, -0.1) is 0 Å². The minimum Gasteiger partial charge on any atom is -0.276 e. The van der Waals surface area contributed by atoms with Crippen molar-refractivity contribution in [2.24, 2.45) is 5.41 Å². The van der Waals surface area contributed by atoms with E-state index in [1.54, 1.807) is 0 Å². The fourth-order valence-electron chi connectivity index (χ4n) is 2.12. The Morgan fingerprint density at radius 3 is 2.53 bits per heavy atom. The number of hydrogen-bond donors (Lipinski definition) is 1. The van der Waals surface area contributed by atoms with E-state index in [2.05, 4.69) is 5.32 Å². The monoisotopic (exact) mass is 374 g/mol. The summed E-state index contributed by atoms with van der Waals surface area (Å²) in [5, 5.41) is 2.18. The van der Waals surface area contributed by atoms with Gasteiger partial charge in [0.2, 0.25) is 5.91 Å². The van der Waals surface area contributed by atoms with Gasteiger partial charge in [0.15, 0.2) is 0 Å². The molecule has 2 fully saturated rings. The molecule has 19 heavy (non-hydrogen) atoms. The summed E-state index contributed by atoms with van der Waals surface area (Å²) < 4.78 is 13.5. The quantitative estimate of drug-likeness (QED) is 0.602. The zero-order valence-electron chi connectivity index (χ0n) is 9.57. The highest BCUT2D eigenvalue weighted by atomic mass is 127. The third-order valence-electron chi connectivity index (χ3n) is 3.37. The van der Waals surface area contributed by atoms with Crippen molar-refractivity contribution in [2.75, 3.05) is 4.90 Å². The van der Waals surface area contributed by atoms with Crippen LogP contribution in [0.3, 0.4) is 0 Å². The van der Waals surface area contributed by atoms with Gasteiger partial charge >= 0.3 is 6.03 Å². The lowest BCUT2D eigenvalue weighted by Crippen LogP contribution is -2.59. The van der Waals surface area contributed by atoms with E-state index in [-0.39, 0.29) is 0 Å². The van der Waals surface area contributed by atoms with Crippen LogP contribution in [0.5, 0.6) is 0 Å². The lowest BCUT2D eigenvalue weighted by atomic mass is 10.0. The molecule has 0 bridgehead atoms. The molecule has 2 aliphatic rings. The van der Waals surface area contributed by atoms with Crippen molar-refractivity contribution >= 4 is 46.1 Å². The molecule has 1 N–H and O–H groups in total. The molecule has 0 unspecified atom stereocenters. The number of halogens is 2. The zero-order chi connectivity index (χ0) is 13.8. The van der Waals surface area contributed by atoms with Gasteiger partial charge in [-0.05, 0) is 53.6 Å². The fraction of sp³-hybridized carbons (Fsp3) is 0.250. The van der Waals surface area contributed by atoms with Gasteiger partial charge in [-0.2, -0.15) is 0 Å². The van der Waals surface area contributed by atoms with Crippen LogP contribution in [-0.4, -0.2) is 17.8 Å². The highest BCUT2D eigenvalue weighted by Gasteiger charge is 2.62.